The van der Waals surface area contributed by atoms with Crippen molar-refractivity contribution in [2.45, 2.75) is 13.3 Å². The van der Waals surface area contributed by atoms with Crippen molar-refractivity contribution in [1.29, 1.82) is 0 Å². The molecule has 16 heavy (non-hydrogen) atoms. The predicted molar refractivity (Wildman–Crippen MR) is 67.5 cm³/mol. The van der Waals surface area contributed by atoms with Gasteiger partial charge in [0.2, 0.25) is 0 Å². The Balaban J connectivity index is 2.20. The van der Waals surface area contributed by atoms with Crippen LogP contribution in [0, 0.1) is 0 Å². The van der Waals surface area contributed by atoms with Gasteiger partial charge in [-0.2, -0.15) is 0 Å². The van der Waals surface area contributed by atoms with Crippen LogP contribution < -0.4 is 15.0 Å². The smallest absolute Gasteiger partial charge is 0.124 e. The molecule has 88 valence electrons. The first-order valence-corrected chi connectivity index (χ1v) is 5.97. The fraction of sp³-hybridized carbons (Fsp3) is 0.538. The number of benzene rings is 1. The number of aryl methyl sites for hydroxylation is 1. The van der Waals surface area contributed by atoms with Gasteiger partial charge in [0.1, 0.15) is 5.75 Å². The maximum absolute atomic E-state index is 5.43. The molecular formula is C13H20N2O. The van der Waals surface area contributed by atoms with Crippen molar-refractivity contribution in [3.8, 4) is 5.75 Å². The van der Waals surface area contributed by atoms with Crippen molar-refractivity contribution >= 4 is 5.69 Å². The van der Waals surface area contributed by atoms with Gasteiger partial charge in [-0.3, -0.25) is 0 Å². The number of anilines is 1. The highest BCUT2D eigenvalue weighted by Crippen LogP contribution is 2.26. The van der Waals surface area contributed by atoms with Gasteiger partial charge in [-0.15, -0.1) is 0 Å². The number of hydrogen-bond donors (Lipinski definition) is 1. The van der Waals surface area contributed by atoms with Crippen LogP contribution in [0.1, 0.15) is 12.5 Å². The first-order chi connectivity index (χ1) is 7.85. The molecule has 0 radical (unpaired) electrons. The highest BCUT2D eigenvalue weighted by Gasteiger charge is 2.12. The molecule has 0 aromatic heterocycles. The molecule has 1 fully saturated rings. The molecule has 0 aliphatic carbocycles. The highest BCUT2D eigenvalue weighted by molar-refractivity contribution is 5.54. The quantitative estimate of drug-likeness (QED) is 0.838. The highest BCUT2D eigenvalue weighted by atomic mass is 16.5. The van der Waals surface area contributed by atoms with E-state index in [1.54, 1.807) is 7.11 Å². The number of piperazine rings is 1. The fourth-order valence-electron chi connectivity index (χ4n) is 2.15. The van der Waals surface area contributed by atoms with Crippen LogP contribution in [0.2, 0.25) is 0 Å². The molecule has 0 saturated carbocycles. The lowest BCUT2D eigenvalue weighted by Gasteiger charge is -2.29. The Hall–Kier alpha value is -1.22. The maximum atomic E-state index is 5.43. The van der Waals surface area contributed by atoms with Crippen LogP contribution in [0.25, 0.3) is 0 Å². The molecule has 3 heteroatoms. The molecule has 1 N–H and O–H groups in total. The summed E-state index contributed by atoms with van der Waals surface area (Å²) in [4.78, 5) is 2.40. The average molecular weight is 220 g/mol. The second-order valence-corrected chi connectivity index (χ2v) is 4.09. The second-order valence-electron chi connectivity index (χ2n) is 4.09. The zero-order valence-corrected chi connectivity index (χ0v) is 10.1. The third-order valence-electron chi connectivity index (χ3n) is 3.13. The van der Waals surface area contributed by atoms with Crippen LogP contribution >= 0.6 is 0 Å². The molecule has 3 nitrogen and oxygen atoms in total. The van der Waals surface area contributed by atoms with Crippen LogP contribution in [-0.4, -0.2) is 33.3 Å². The van der Waals surface area contributed by atoms with Gasteiger partial charge >= 0.3 is 0 Å². The predicted octanol–water partition coefficient (Wildman–Crippen LogP) is 1.67. The first kappa shape index (κ1) is 11.3. The molecule has 0 spiro atoms. The van der Waals surface area contributed by atoms with E-state index in [1.807, 2.05) is 0 Å². The molecule has 1 heterocycles. The molecule has 1 aromatic rings. The Bertz CT molecular complexity index is 346. The lowest BCUT2D eigenvalue weighted by Crippen LogP contribution is -2.43. The molecular weight excluding hydrogens is 200 g/mol. The van der Waals surface area contributed by atoms with Crippen molar-refractivity contribution in [3.05, 3.63) is 23.8 Å². The SMILES string of the molecule is CCc1ccc(N2CCNCC2)cc1OC. The van der Waals surface area contributed by atoms with Crippen LogP contribution in [-0.2, 0) is 6.42 Å². The Morgan fingerprint density at radius 1 is 1.31 bits per heavy atom. The van der Waals surface area contributed by atoms with E-state index < -0.39 is 0 Å². The van der Waals surface area contributed by atoms with E-state index >= 15 is 0 Å². The van der Waals surface area contributed by atoms with Gasteiger partial charge in [0.05, 0.1) is 7.11 Å². The molecule has 0 atom stereocenters. The van der Waals surface area contributed by atoms with Crippen molar-refractivity contribution in [1.82, 2.24) is 5.32 Å². The van der Waals surface area contributed by atoms with Crippen LogP contribution in [0.15, 0.2) is 18.2 Å². The lowest BCUT2D eigenvalue weighted by atomic mass is 10.1. The summed E-state index contributed by atoms with van der Waals surface area (Å²) < 4.78 is 5.43. The molecule has 0 amide bonds. The molecule has 1 aliphatic rings. The molecule has 1 saturated heterocycles. The van der Waals surface area contributed by atoms with Crippen molar-refractivity contribution in [2.24, 2.45) is 0 Å². The summed E-state index contributed by atoms with van der Waals surface area (Å²) in [7, 11) is 1.75. The summed E-state index contributed by atoms with van der Waals surface area (Å²) >= 11 is 0. The van der Waals surface area contributed by atoms with E-state index in [4.69, 9.17) is 4.74 Å². The van der Waals surface area contributed by atoms with E-state index in [9.17, 15) is 0 Å². The Morgan fingerprint density at radius 2 is 2.06 bits per heavy atom. The number of nitrogens with one attached hydrogen (secondary N) is 1. The summed E-state index contributed by atoms with van der Waals surface area (Å²) in [6.45, 7) is 6.45. The Morgan fingerprint density at radius 3 is 2.69 bits per heavy atom. The number of methoxy groups -OCH3 is 1. The van der Waals surface area contributed by atoms with Gasteiger partial charge in [-0.05, 0) is 18.1 Å². The van der Waals surface area contributed by atoms with Gasteiger partial charge < -0.3 is 15.0 Å². The van der Waals surface area contributed by atoms with Gasteiger partial charge in [-0.25, -0.2) is 0 Å². The summed E-state index contributed by atoms with van der Waals surface area (Å²) in [5.41, 5.74) is 2.55. The minimum atomic E-state index is 1.01. The number of hydrogen-bond acceptors (Lipinski definition) is 3. The number of ether oxygens (including phenoxy) is 1. The third-order valence-corrected chi connectivity index (χ3v) is 3.13. The summed E-state index contributed by atoms with van der Waals surface area (Å²) in [5, 5.41) is 3.36. The van der Waals surface area contributed by atoms with Crippen molar-refractivity contribution in [2.75, 3.05) is 38.2 Å². The van der Waals surface area contributed by atoms with E-state index in [0.717, 1.165) is 38.3 Å². The molecule has 0 unspecified atom stereocenters. The van der Waals surface area contributed by atoms with Gasteiger partial charge in [0.15, 0.2) is 0 Å². The monoisotopic (exact) mass is 220 g/mol. The topological polar surface area (TPSA) is 24.5 Å². The summed E-state index contributed by atoms with van der Waals surface area (Å²) in [6.07, 6.45) is 1.02. The molecule has 1 aliphatic heterocycles. The minimum absolute atomic E-state index is 1.01. The Kier molecular flexibility index (Phi) is 3.67. The van der Waals surface area contributed by atoms with Gasteiger partial charge in [0, 0.05) is 37.9 Å². The third kappa shape index (κ3) is 2.30. The molecule has 0 bridgehead atoms. The van der Waals surface area contributed by atoms with Crippen LogP contribution in [0.3, 0.4) is 0 Å². The zero-order chi connectivity index (χ0) is 11.4. The zero-order valence-electron chi connectivity index (χ0n) is 10.1. The standard InChI is InChI=1S/C13H20N2O/c1-3-11-4-5-12(10-13(11)16-2)15-8-6-14-7-9-15/h4-5,10,14H,3,6-9H2,1-2H3. The number of rotatable bonds is 3. The second kappa shape index (κ2) is 5.21. The molecule has 2 rings (SSSR count). The molecule has 1 aromatic carbocycles. The van der Waals surface area contributed by atoms with Crippen LogP contribution in [0.5, 0.6) is 5.75 Å². The van der Waals surface area contributed by atoms with E-state index in [-0.39, 0.29) is 0 Å². The van der Waals surface area contributed by atoms with Crippen molar-refractivity contribution in [3.63, 3.8) is 0 Å². The van der Waals surface area contributed by atoms with E-state index in [0.29, 0.717) is 0 Å². The van der Waals surface area contributed by atoms with Gasteiger partial charge in [-0.1, -0.05) is 13.0 Å². The van der Waals surface area contributed by atoms with Crippen LogP contribution in [0.4, 0.5) is 5.69 Å². The number of nitrogens with zero attached hydrogens (tertiary/aromatic N) is 1. The van der Waals surface area contributed by atoms with E-state index in [2.05, 4.69) is 35.3 Å². The Labute approximate surface area is 97.4 Å². The summed E-state index contributed by atoms with van der Waals surface area (Å²) in [6, 6.07) is 6.53. The largest absolute Gasteiger partial charge is 0.496 e. The van der Waals surface area contributed by atoms with Gasteiger partial charge in [0.25, 0.3) is 0 Å². The fourth-order valence-corrected chi connectivity index (χ4v) is 2.15. The van der Waals surface area contributed by atoms with Crippen molar-refractivity contribution < 1.29 is 4.74 Å². The minimum Gasteiger partial charge on any atom is -0.496 e. The normalized spacial score (nSPS) is 16.2. The summed E-state index contributed by atoms with van der Waals surface area (Å²) in [5.74, 6) is 1.01. The first-order valence-electron chi connectivity index (χ1n) is 5.97. The average Bonchev–Trinajstić information content (AvgIpc) is 2.39. The lowest BCUT2D eigenvalue weighted by molar-refractivity contribution is 0.410. The van der Waals surface area contributed by atoms with E-state index in [1.165, 1.54) is 11.3 Å². The maximum Gasteiger partial charge on any atom is 0.124 e.